The van der Waals surface area contributed by atoms with Gasteiger partial charge in [0, 0.05) is 12.2 Å². The van der Waals surface area contributed by atoms with Crippen LogP contribution in [0.4, 0.5) is 0 Å². The van der Waals surface area contributed by atoms with Crippen molar-refractivity contribution < 1.29 is 9.90 Å². The SMILES string of the molecule is CC(N(C(=O)c1cccnc1Cl)C1CCCCC1)C1(O)CCNCC1. The Morgan fingerprint density at radius 1 is 1.36 bits per heavy atom. The van der Waals surface area contributed by atoms with Crippen LogP contribution in [0.3, 0.4) is 0 Å². The zero-order valence-corrected chi connectivity index (χ0v) is 15.6. The highest BCUT2D eigenvalue weighted by Gasteiger charge is 2.43. The highest BCUT2D eigenvalue weighted by Crippen LogP contribution is 2.33. The Labute approximate surface area is 154 Å². The van der Waals surface area contributed by atoms with E-state index in [2.05, 4.69) is 10.3 Å². The summed E-state index contributed by atoms with van der Waals surface area (Å²) in [5.41, 5.74) is -0.424. The topological polar surface area (TPSA) is 65.5 Å². The van der Waals surface area contributed by atoms with Crippen LogP contribution in [0.5, 0.6) is 0 Å². The van der Waals surface area contributed by atoms with E-state index in [-0.39, 0.29) is 23.1 Å². The van der Waals surface area contributed by atoms with Crippen molar-refractivity contribution in [1.82, 2.24) is 15.2 Å². The summed E-state index contributed by atoms with van der Waals surface area (Å²) in [4.78, 5) is 19.3. The van der Waals surface area contributed by atoms with Gasteiger partial charge in [0.2, 0.25) is 0 Å². The zero-order valence-electron chi connectivity index (χ0n) is 14.9. The first-order valence-corrected chi connectivity index (χ1v) is 9.77. The summed E-state index contributed by atoms with van der Waals surface area (Å²) >= 11 is 6.20. The molecule has 3 rings (SSSR count). The maximum absolute atomic E-state index is 13.4. The second-order valence-electron chi connectivity index (χ2n) is 7.38. The van der Waals surface area contributed by atoms with Gasteiger partial charge in [0.15, 0.2) is 0 Å². The molecule has 1 saturated carbocycles. The first-order valence-electron chi connectivity index (χ1n) is 9.39. The van der Waals surface area contributed by atoms with Crippen molar-refractivity contribution in [3.8, 4) is 0 Å². The van der Waals surface area contributed by atoms with Crippen LogP contribution in [0.2, 0.25) is 5.15 Å². The summed E-state index contributed by atoms with van der Waals surface area (Å²) in [5.74, 6) is -0.107. The Kier molecular flexibility index (Phi) is 5.97. The average Bonchev–Trinajstić information content (AvgIpc) is 2.63. The lowest BCUT2D eigenvalue weighted by atomic mass is 9.82. The number of carbonyl (C=O) groups excluding carboxylic acids is 1. The van der Waals surface area contributed by atoms with Gasteiger partial charge in [-0.05, 0) is 57.8 Å². The van der Waals surface area contributed by atoms with E-state index in [0.717, 1.165) is 38.8 Å². The number of hydrogen-bond acceptors (Lipinski definition) is 4. The lowest BCUT2D eigenvalue weighted by Crippen LogP contribution is -2.60. The van der Waals surface area contributed by atoms with E-state index in [0.29, 0.717) is 18.4 Å². The number of amides is 1. The molecule has 0 bridgehead atoms. The lowest BCUT2D eigenvalue weighted by Gasteiger charge is -2.47. The van der Waals surface area contributed by atoms with Crippen molar-refractivity contribution in [3.63, 3.8) is 0 Å². The molecule has 0 spiro atoms. The van der Waals surface area contributed by atoms with E-state index in [1.54, 1.807) is 18.3 Å². The highest BCUT2D eigenvalue weighted by molar-refractivity contribution is 6.32. The molecule has 5 nitrogen and oxygen atoms in total. The Morgan fingerprint density at radius 3 is 2.68 bits per heavy atom. The Balaban J connectivity index is 1.91. The van der Waals surface area contributed by atoms with E-state index in [4.69, 9.17) is 11.6 Å². The van der Waals surface area contributed by atoms with Gasteiger partial charge in [-0.25, -0.2) is 4.98 Å². The smallest absolute Gasteiger partial charge is 0.257 e. The van der Waals surface area contributed by atoms with E-state index in [9.17, 15) is 9.90 Å². The number of pyridine rings is 1. The normalized spacial score (nSPS) is 22.4. The van der Waals surface area contributed by atoms with Crippen molar-refractivity contribution in [3.05, 3.63) is 29.0 Å². The molecule has 6 heteroatoms. The number of carbonyl (C=O) groups is 1. The molecule has 2 fully saturated rings. The Bertz CT molecular complexity index is 598. The molecular formula is C19H28ClN3O2. The molecule has 1 amide bonds. The molecule has 1 aromatic rings. The second-order valence-corrected chi connectivity index (χ2v) is 7.73. The number of rotatable bonds is 4. The van der Waals surface area contributed by atoms with Gasteiger partial charge in [0.1, 0.15) is 5.15 Å². The van der Waals surface area contributed by atoms with Crippen molar-refractivity contribution >= 4 is 17.5 Å². The third-order valence-electron chi connectivity index (χ3n) is 5.86. The fourth-order valence-corrected chi connectivity index (χ4v) is 4.44. The van der Waals surface area contributed by atoms with Crippen molar-refractivity contribution in [1.29, 1.82) is 0 Å². The number of nitrogens with one attached hydrogen (secondary N) is 1. The maximum Gasteiger partial charge on any atom is 0.257 e. The Morgan fingerprint density at radius 2 is 2.04 bits per heavy atom. The summed E-state index contributed by atoms with van der Waals surface area (Å²) < 4.78 is 0. The second kappa shape index (κ2) is 8.02. The van der Waals surface area contributed by atoms with Crippen LogP contribution in [0.1, 0.15) is 62.2 Å². The summed E-state index contributed by atoms with van der Waals surface area (Å²) in [6.45, 7) is 3.55. The third-order valence-corrected chi connectivity index (χ3v) is 6.16. The number of halogens is 1. The largest absolute Gasteiger partial charge is 0.388 e. The molecule has 1 saturated heterocycles. The molecule has 25 heavy (non-hydrogen) atoms. The maximum atomic E-state index is 13.4. The van der Waals surface area contributed by atoms with Gasteiger partial charge >= 0.3 is 0 Å². The van der Waals surface area contributed by atoms with Crippen molar-refractivity contribution in [2.24, 2.45) is 0 Å². The first kappa shape index (κ1) is 18.6. The van der Waals surface area contributed by atoms with Gasteiger partial charge in [-0.2, -0.15) is 0 Å². The lowest BCUT2D eigenvalue weighted by molar-refractivity contribution is -0.0658. The summed E-state index contributed by atoms with van der Waals surface area (Å²) in [5, 5.41) is 14.7. The first-order chi connectivity index (χ1) is 12.0. The average molecular weight is 366 g/mol. The minimum absolute atomic E-state index is 0.107. The van der Waals surface area contributed by atoms with Crippen LogP contribution in [0.25, 0.3) is 0 Å². The molecule has 1 aliphatic heterocycles. The van der Waals surface area contributed by atoms with Crippen LogP contribution >= 0.6 is 11.6 Å². The number of piperidine rings is 1. The molecule has 2 aliphatic rings. The molecule has 2 N–H and O–H groups in total. The molecule has 1 aliphatic carbocycles. The van der Waals surface area contributed by atoms with E-state index in [1.165, 1.54) is 6.42 Å². The molecule has 2 heterocycles. The number of aliphatic hydroxyl groups is 1. The quantitative estimate of drug-likeness (QED) is 0.805. The molecule has 0 aromatic carbocycles. The van der Waals surface area contributed by atoms with Gasteiger partial charge < -0.3 is 15.3 Å². The summed E-state index contributed by atoms with van der Waals surface area (Å²) in [6.07, 6.45) is 8.36. The molecule has 138 valence electrons. The molecule has 1 atom stereocenters. The van der Waals surface area contributed by atoms with Gasteiger partial charge in [0.25, 0.3) is 5.91 Å². The van der Waals surface area contributed by atoms with Crippen LogP contribution in [0, 0.1) is 0 Å². The van der Waals surface area contributed by atoms with Gasteiger partial charge in [-0.1, -0.05) is 30.9 Å². The van der Waals surface area contributed by atoms with Gasteiger partial charge in [-0.3, -0.25) is 4.79 Å². The minimum atomic E-state index is -0.854. The van der Waals surface area contributed by atoms with E-state index in [1.807, 2.05) is 11.8 Å². The summed E-state index contributed by atoms with van der Waals surface area (Å²) in [6, 6.07) is 3.38. The van der Waals surface area contributed by atoms with Crippen LogP contribution in [0.15, 0.2) is 18.3 Å². The van der Waals surface area contributed by atoms with Gasteiger partial charge in [0.05, 0.1) is 17.2 Å². The predicted molar refractivity (Wildman–Crippen MR) is 98.8 cm³/mol. The zero-order chi connectivity index (χ0) is 17.9. The molecular weight excluding hydrogens is 338 g/mol. The minimum Gasteiger partial charge on any atom is -0.388 e. The summed E-state index contributed by atoms with van der Waals surface area (Å²) in [7, 11) is 0. The monoisotopic (exact) mass is 365 g/mol. The third kappa shape index (κ3) is 3.99. The fourth-order valence-electron chi connectivity index (χ4n) is 4.24. The predicted octanol–water partition coefficient (Wildman–Crippen LogP) is 3.01. The Hall–Kier alpha value is -1.17. The van der Waals surface area contributed by atoms with Crippen LogP contribution < -0.4 is 5.32 Å². The van der Waals surface area contributed by atoms with E-state index < -0.39 is 5.60 Å². The standard InChI is InChI=1S/C19H28ClN3O2/c1-14(19(25)9-12-21-13-10-19)23(15-6-3-2-4-7-15)18(24)16-8-5-11-22-17(16)20/h5,8,11,14-15,21,25H,2-4,6-7,9-10,12-13H2,1H3. The van der Waals surface area contributed by atoms with Crippen molar-refractivity contribution in [2.75, 3.05) is 13.1 Å². The highest BCUT2D eigenvalue weighted by atomic mass is 35.5. The molecule has 0 radical (unpaired) electrons. The fraction of sp³-hybridized carbons (Fsp3) is 0.684. The van der Waals surface area contributed by atoms with E-state index >= 15 is 0 Å². The van der Waals surface area contributed by atoms with Crippen LogP contribution in [-0.4, -0.2) is 51.7 Å². The van der Waals surface area contributed by atoms with Gasteiger partial charge in [-0.15, -0.1) is 0 Å². The van der Waals surface area contributed by atoms with Crippen LogP contribution in [-0.2, 0) is 0 Å². The number of nitrogens with zero attached hydrogens (tertiary/aromatic N) is 2. The van der Waals surface area contributed by atoms with Crippen molar-refractivity contribution in [2.45, 2.75) is 69.6 Å². The molecule has 1 aromatic heterocycles. The molecule has 1 unspecified atom stereocenters. The number of aromatic nitrogens is 1. The number of hydrogen-bond donors (Lipinski definition) is 2.